The number of carbonyl (C=O) groups excluding carboxylic acids is 2. The normalized spacial score (nSPS) is 23.0. The van der Waals surface area contributed by atoms with Gasteiger partial charge in [-0.2, -0.15) is 0 Å². The summed E-state index contributed by atoms with van der Waals surface area (Å²) in [4.78, 5) is 30.1. The Bertz CT molecular complexity index is 736. The molecule has 0 saturated carbocycles. The second-order valence-electron chi connectivity index (χ2n) is 5.78. The van der Waals surface area contributed by atoms with Gasteiger partial charge in [0.25, 0.3) is 0 Å². The van der Waals surface area contributed by atoms with Crippen molar-refractivity contribution >= 4 is 29.0 Å². The molecule has 0 N–H and O–H groups in total. The molecule has 1 heterocycles. The van der Waals surface area contributed by atoms with Crippen LogP contribution in [-0.2, 0) is 14.3 Å². The number of rotatable bonds is 5. The first kappa shape index (κ1) is 16.7. The molecule has 1 spiro atoms. The van der Waals surface area contributed by atoms with Crippen LogP contribution < -0.4 is 0 Å². The van der Waals surface area contributed by atoms with Gasteiger partial charge in [-0.25, -0.2) is 0 Å². The maximum atomic E-state index is 12.8. The second-order valence-corrected chi connectivity index (χ2v) is 6.83. The minimum atomic E-state index is -0.685. The lowest BCUT2D eigenvalue weighted by Gasteiger charge is -2.36. The highest BCUT2D eigenvalue weighted by atomic mass is 32.2. The zero-order valence-electron chi connectivity index (χ0n) is 13.5. The Labute approximate surface area is 145 Å². The van der Waals surface area contributed by atoms with Crippen LogP contribution in [-0.4, -0.2) is 36.7 Å². The summed E-state index contributed by atoms with van der Waals surface area (Å²) in [5.41, 5.74) is -0.177. The molecule has 24 heavy (non-hydrogen) atoms. The fraction of sp³-hybridized carbons (Fsp3) is 0.316. The Kier molecular flexibility index (Phi) is 5.00. The van der Waals surface area contributed by atoms with E-state index in [-0.39, 0.29) is 11.6 Å². The predicted octanol–water partition coefficient (Wildman–Crippen LogP) is 3.24. The molecule has 2 aliphatic rings. The smallest absolute Gasteiger partial charge is 0.188 e. The van der Waals surface area contributed by atoms with Gasteiger partial charge in [0.15, 0.2) is 11.6 Å². The molecule has 1 aromatic rings. The Balaban J connectivity index is 1.83. The van der Waals surface area contributed by atoms with Gasteiger partial charge < -0.3 is 4.74 Å². The summed E-state index contributed by atoms with van der Waals surface area (Å²) in [6.07, 6.45) is 6.37. The first-order valence-electron chi connectivity index (χ1n) is 7.91. The van der Waals surface area contributed by atoms with E-state index >= 15 is 0 Å². The molecule has 4 nitrogen and oxygen atoms in total. The number of methoxy groups -OCH3 is 1. The van der Waals surface area contributed by atoms with Crippen molar-refractivity contribution in [1.29, 1.82) is 0 Å². The monoisotopic (exact) mass is 341 g/mol. The first-order valence-corrected chi connectivity index (χ1v) is 8.89. The standard InChI is InChI=1S/C19H19NO3S/c1-23-17-12-14(21)8-10-19(17)9-5-11-20-18(19)16(22)13-24-15-6-3-2-4-7-15/h2-4,6-8,10,12H,5,9,11,13H2,1H3. The van der Waals surface area contributed by atoms with E-state index in [1.54, 1.807) is 6.08 Å². The number of aliphatic imine (C=N–C) groups is 1. The van der Waals surface area contributed by atoms with E-state index in [1.807, 2.05) is 30.3 Å². The van der Waals surface area contributed by atoms with Gasteiger partial charge in [0, 0.05) is 17.5 Å². The van der Waals surface area contributed by atoms with Crippen LogP contribution in [0.1, 0.15) is 12.8 Å². The number of hydrogen-bond acceptors (Lipinski definition) is 5. The lowest BCUT2D eigenvalue weighted by molar-refractivity contribution is -0.112. The third-order valence-corrected chi connectivity index (χ3v) is 5.28. The largest absolute Gasteiger partial charge is 0.500 e. The van der Waals surface area contributed by atoms with Crippen LogP contribution in [0, 0.1) is 5.41 Å². The zero-order chi connectivity index (χ0) is 17.0. The van der Waals surface area contributed by atoms with Crippen LogP contribution in [0.25, 0.3) is 0 Å². The first-order chi connectivity index (χ1) is 11.7. The number of Topliss-reactive ketones (excluding diaryl/α,β-unsaturated/α-hetero) is 1. The van der Waals surface area contributed by atoms with Gasteiger partial charge in [0.1, 0.15) is 5.76 Å². The Morgan fingerprint density at radius 3 is 2.88 bits per heavy atom. The highest BCUT2D eigenvalue weighted by molar-refractivity contribution is 8.00. The molecular weight excluding hydrogens is 322 g/mol. The molecule has 1 aliphatic heterocycles. The van der Waals surface area contributed by atoms with E-state index in [4.69, 9.17) is 4.74 Å². The zero-order valence-corrected chi connectivity index (χ0v) is 14.3. The van der Waals surface area contributed by atoms with E-state index in [0.29, 0.717) is 23.8 Å². The maximum absolute atomic E-state index is 12.8. The quantitative estimate of drug-likeness (QED) is 0.772. The summed E-state index contributed by atoms with van der Waals surface area (Å²) in [5, 5.41) is 0. The van der Waals surface area contributed by atoms with Gasteiger partial charge in [-0.3, -0.25) is 14.6 Å². The van der Waals surface area contributed by atoms with Crippen molar-refractivity contribution in [3.63, 3.8) is 0 Å². The summed E-state index contributed by atoms with van der Waals surface area (Å²) < 4.78 is 5.45. The molecule has 1 aromatic carbocycles. The molecule has 1 atom stereocenters. The number of benzene rings is 1. The summed E-state index contributed by atoms with van der Waals surface area (Å²) in [7, 11) is 1.54. The molecule has 3 rings (SSSR count). The van der Waals surface area contributed by atoms with E-state index in [9.17, 15) is 9.59 Å². The number of ketones is 2. The number of nitrogens with zero attached hydrogens (tertiary/aromatic N) is 1. The van der Waals surface area contributed by atoms with Crippen LogP contribution in [0.2, 0.25) is 0 Å². The van der Waals surface area contributed by atoms with E-state index in [1.165, 1.54) is 31.0 Å². The molecule has 0 saturated heterocycles. The lowest BCUT2D eigenvalue weighted by atomic mass is 9.71. The van der Waals surface area contributed by atoms with Crippen LogP contribution in [0.4, 0.5) is 0 Å². The molecule has 0 amide bonds. The van der Waals surface area contributed by atoms with Crippen LogP contribution >= 0.6 is 11.8 Å². The minimum absolute atomic E-state index is 0.00879. The highest BCUT2D eigenvalue weighted by Crippen LogP contribution is 2.41. The van der Waals surface area contributed by atoms with E-state index in [2.05, 4.69) is 4.99 Å². The van der Waals surface area contributed by atoms with Crippen molar-refractivity contribution < 1.29 is 14.3 Å². The fourth-order valence-electron chi connectivity index (χ4n) is 3.13. The molecular formula is C19H19NO3S. The Morgan fingerprint density at radius 2 is 2.12 bits per heavy atom. The molecule has 1 unspecified atom stereocenters. The van der Waals surface area contributed by atoms with Gasteiger partial charge in [-0.05, 0) is 31.1 Å². The number of thioether (sulfide) groups is 1. The molecule has 1 aliphatic carbocycles. The summed E-state index contributed by atoms with van der Waals surface area (Å²) in [6.45, 7) is 0.637. The van der Waals surface area contributed by atoms with Crippen molar-refractivity contribution in [2.75, 3.05) is 19.4 Å². The highest BCUT2D eigenvalue weighted by Gasteiger charge is 2.44. The predicted molar refractivity (Wildman–Crippen MR) is 95.4 cm³/mol. The number of carbonyl (C=O) groups is 2. The van der Waals surface area contributed by atoms with Crippen molar-refractivity contribution in [2.45, 2.75) is 17.7 Å². The summed E-state index contributed by atoms with van der Waals surface area (Å²) >= 11 is 1.50. The molecule has 0 radical (unpaired) electrons. The molecule has 5 heteroatoms. The third-order valence-electron chi connectivity index (χ3n) is 4.26. The molecule has 0 bridgehead atoms. The third kappa shape index (κ3) is 3.22. The van der Waals surface area contributed by atoms with E-state index < -0.39 is 5.41 Å². The van der Waals surface area contributed by atoms with Crippen molar-refractivity contribution in [3.8, 4) is 0 Å². The van der Waals surface area contributed by atoms with Crippen molar-refractivity contribution in [1.82, 2.24) is 0 Å². The Morgan fingerprint density at radius 1 is 1.33 bits per heavy atom. The van der Waals surface area contributed by atoms with Gasteiger partial charge in [0.2, 0.25) is 0 Å². The molecule has 0 aromatic heterocycles. The number of hydrogen-bond donors (Lipinski definition) is 0. The van der Waals surface area contributed by atoms with Crippen LogP contribution in [0.15, 0.2) is 64.2 Å². The van der Waals surface area contributed by atoms with Gasteiger partial charge in [0.05, 0.1) is 24.0 Å². The average Bonchev–Trinajstić information content (AvgIpc) is 2.63. The number of ether oxygens (including phenoxy) is 1. The summed E-state index contributed by atoms with van der Waals surface area (Å²) in [6, 6.07) is 9.82. The average molecular weight is 341 g/mol. The summed E-state index contributed by atoms with van der Waals surface area (Å²) in [5.74, 6) is 0.717. The fourth-order valence-corrected chi connectivity index (χ4v) is 3.92. The van der Waals surface area contributed by atoms with Gasteiger partial charge >= 0.3 is 0 Å². The number of allylic oxidation sites excluding steroid dienone is 3. The van der Waals surface area contributed by atoms with E-state index in [0.717, 1.165) is 17.7 Å². The van der Waals surface area contributed by atoms with Crippen LogP contribution in [0.3, 0.4) is 0 Å². The second kappa shape index (κ2) is 7.18. The van der Waals surface area contributed by atoms with Crippen molar-refractivity contribution in [2.24, 2.45) is 10.4 Å². The maximum Gasteiger partial charge on any atom is 0.188 e. The van der Waals surface area contributed by atoms with Crippen LogP contribution in [0.5, 0.6) is 0 Å². The lowest BCUT2D eigenvalue weighted by Crippen LogP contribution is -2.42. The minimum Gasteiger partial charge on any atom is -0.500 e. The SMILES string of the molecule is COC1=CC(=O)C=CC12CCCN=C2C(=O)CSc1ccccc1. The van der Waals surface area contributed by atoms with Gasteiger partial charge in [-0.15, -0.1) is 11.8 Å². The molecule has 0 fully saturated rings. The van der Waals surface area contributed by atoms with Crippen molar-refractivity contribution in [3.05, 3.63) is 54.3 Å². The Hall–Kier alpha value is -2.14. The topological polar surface area (TPSA) is 55.7 Å². The van der Waals surface area contributed by atoms with Gasteiger partial charge in [-0.1, -0.05) is 24.3 Å². The molecule has 124 valence electrons.